The SMILES string of the molecule is Cc1cc(C)cc(/C=C/C(F)(F)F)c1. The quantitative estimate of drug-likeness (QED) is 0.645. The maximum absolute atomic E-state index is 11.9. The van der Waals surface area contributed by atoms with E-state index in [1.807, 2.05) is 19.9 Å². The fraction of sp³-hybridized carbons (Fsp3) is 0.273. The fourth-order valence-electron chi connectivity index (χ4n) is 1.30. The molecule has 14 heavy (non-hydrogen) atoms. The summed E-state index contributed by atoms with van der Waals surface area (Å²) < 4.78 is 35.6. The van der Waals surface area contributed by atoms with E-state index in [0.29, 0.717) is 5.56 Å². The second-order valence-corrected chi connectivity index (χ2v) is 3.30. The molecule has 0 aromatic heterocycles. The molecule has 3 heteroatoms. The van der Waals surface area contributed by atoms with Crippen molar-refractivity contribution in [1.82, 2.24) is 0 Å². The highest BCUT2D eigenvalue weighted by atomic mass is 19.4. The number of rotatable bonds is 1. The van der Waals surface area contributed by atoms with Gasteiger partial charge >= 0.3 is 6.18 Å². The van der Waals surface area contributed by atoms with Gasteiger partial charge in [-0.3, -0.25) is 0 Å². The average molecular weight is 200 g/mol. The Labute approximate surface area is 81.1 Å². The molecule has 0 aliphatic rings. The summed E-state index contributed by atoms with van der Waals surface area (Å²) in [5.74, 6) is 0. The molecule has 0 atom stereocenters. The molecule has 0 N–H and O–H groups in total. The maximum atomic E-state index is 11.9. The Morgan fingerprint density at radius 2 is 1.50 bits per heavy atom. The molecule has 0 saturated carbocycles. The van der Waals surface area contributed by atoms with Crippen LogP contribution in [-0.2, 0) is 0 Å². The Morgan fingerprint density at radius 1 is 1.00 bits per heavy atom. The van der Waals surface area contributed by atoms with E-state index in [1.54, 1.807) is 12.1 Å². The van der Waals surface area contributed by atoms with Crippen LogP contribution in [0.2, 0.25) is 0 Å². The lowest BCUT2D eigenvalue weighted by Gasteiger charge is -2.01. The number of hydrogen-bond acceptors (Lipinski definition) is 0. The summed E-state index contributed by atoms with van der Waals surface area (Å²) in [5, 5.41) is 0. The minimum absolute atomic E-state index is 0.251. The van der Waals surface area contributed by atoms with Gasteiger partial charge in [0.05, 0.1) is 0 Å². The van der Waals surface area contributed by atoms with Gasteiger partial charge in [0.15, 0.2) is 0 Å². The highest BCUT2D eigenvalue weighted by Gasteiger charge is 2.21. The molecular weight excluding hydrogens is 189 g/mol. The zero-order chi connectivity index (χ0) is 10.8. The van der Waals surface area contributed by atoms with Crippen molar-refractivity contribution < 1.29 is 13.2 Å². The summed E-state index contributed by atoms with van der Waals surface area (Å²) >= 11 is 0. The van der Waals surface area contributed by atoms with Crippen molar-refractivity contribution in [3.05, 3.63) is 41.0 Å². The molecule has 0 aliphatic heterocycles. The molecule has 1 aromatic rings. The van der Waals surface area contributed by atoms with Crippen LogP contribution in [0, 0.1) is 13.8 Å². The fourth-order valence-corrected chi connectivity index (χ4v) is 1.30. The maximum Gasteiger partial charge on any atom is 0.409 e. The number of allylic oxidation sites excluding steroid dienone is 1. The van der Waals surface area contributed by atoms with E-state index in [4.69, 9.17) is 0 Å². The second kappa shape index (κ2) is 3.86. The van der Waals surface area contributed by atoms with Crippen LogP contribution in [0.15, 0.2) is 24.3 Å². The van der Waals surface area contributed by atoms with Crippen molar-refractivity contribution in [3.63, 3.8) is 0 Å². The summed E-state index contributed by atoms with van der Waals surface area (Å²) in [6.45, 7) is 3.72. The first-order valence-electron chi connectivity index (χ1n) is 4.21. The number of alkyl halides is 3. The Kier molecular flexibility index (Phi) is 2.99. The number of halogens is 3. The van der Waals surface area contributed by atoms with Gasteiger partial charge in [-0.05, 0) is 19.4 Å². The zero-order valence-electron chi connectivity index (χ0n) is 8.02. The summed E-state index contributed by atoms with van der Waals surface area (Å²) in [6, 6.07) is 5.36. The first kappa shape index (κ1) is 10.8. The Morgan fingerprint density at radius 3 is 1.93 bits per heavy atom. The van der Waals surface area contributed by atoms with Gasteiger partial charge in [0.1, 0.15) is 0 Å². The van der Waals surface area contributed by atoms with Crippen LogP contribution in [0.25, 0.3) is 6.08 Å². The van der Waals surface area contributed by atoms with E-state index in [-0.39, 0.29) is 6.08 Å². The van der Waals surface area contributed by atoms with Gasteiger partial charge < -0.3 is 0 Å². The lowest BCUT2D eigenvalue weighted by molar-refractivity contribution is -0.0790. The van der Waals surface area contributed by atoms with E-state index in [0.717, 1.165) is 17.2 Å². The van der Waals surface area contributed by atoms with Crippen LogP contribution in [-0.4, -0.2) is 6.18 Å². The summed E-state index contributed by atoms with van der Waals surface area (Å²) in [6.07, 6.45) is -2.90. The van der Waals surface area contributed by atoms with E-state index in [2.05, 4.69) is 0 Å². The molecule has 0 unspecified atom stereocenters. The van der Waals surface area contributed by atoms with Crippen molar-refractivity contribution in [3.8, 4) is 0 Å². The topological polar surface area (TPSA) is 0 Å². The number of aryl methyl sites for hydroxylation is 2. The molecule has 0 aliphatic carbocycles. The molecule has 0 heterocycles. The molecular formula is C11H11F3. The summed E-state index contributed by atoms with van der Waals surface area (Å²) in [5.41, 5.74) is 2.51. The van der Waals surface area contributed by atoms with Crippen LogP contribution in [0.3, 0.4) is 0 Å². The lowest BCUT2D eigenvalue weighted by Crippen LogP contribution is -2.00. The van der Waals surface area contributed by atoms with E-state index in [9.17, 15) is 13.2 Å². The molecule has 1 rings (SSSR count). The summed E-state index contributed by atoms with van der Waals surface area (Å²) in [4.78, 5) is 0. The Hall–Kier alpha value is -1.25. The minimum atomic E-state index is -4.24. The van der Waals surface area contributed by atoms with Crippen LogP contribution in [0.4, 0.5) is 13.2 Å². The highest BCUT2D eigenvalue weighted by molar-refractivity contribution is 5.52. The molecule has 0 radical (unpaired) electrons. The third-order valence-corrected chi connectivity index (χ3v) is 1.71. The standard InChI is InChI=1S/C11H11F3/c1-8-5-9(2)7-10(6-8)3-4-11(12,13)14/h3-7H,1-2H3/b4-3+. The second-order valence-electron chi connectivity index (χ2n) is 3.30. The van der Waals surface area contributed by atoms with Crippen LogP contribution in [0.5, 0.6) is 0 Å². The third-order valence-electron chi connectivity index (χ3n) is 1.71. The predicted molar refractivity (Wildman–Crippen MR) is 51.0 cm³/mol. The largest absolute Gasteiger partial charge is 0.409 e. The van der Waals surface area contributed by atoms with Crippen LogP contribution < -0.4 is 0 Å². The zero-order valence-corrected chi connectivity index (χ0v) is 8.02. The Bertz CT molecular complexity index is 328. The Balaban J connectivity index is 2.92. The first-order valence-corrected chi connectivity index (χ1v) is 4.21. The number of hydrogen-bond donors (Lipinski definition) is 0. The molecule has 0 fully saturated rings. The normalized spacial score (nSPS) is 12.4. The van der Waals surface area contributed by atoms with E-state index in [1.165, 1.54) is 0 Å². The van der Waals surface area contributed by atoms with Crippen LogP contribution >= 0.6 is 0 Å². The molecule has 0 bridgehead atoms. The first-order chi connectivity index (χ1) is 6.37. The van der Waals surface area contributed by atoms with Gasteiger partial charge in [-0.15, -0.1) is 0 Å². The average Bonchev–Trinajstić information content (AvgIpc) is 1.97. The molecule has 0 nitrogen and oxygen atoms in total. The monoisotopic (exact) mass is 200 g/mol. The smallest absolute Gasteiger partial charge is 0.167 e. The van der Waals surface area contributed by atoms with Gasteiger partial charge in [-0.1, -0.05) is 35.4 Å². The van der Waals surface area contributed by atoms with Gasteiger partial charge in [-0.25, -0.2) is 0 Å². The minimum Gasteiger partial charge on any atom is -0.167 e. The van der Waals surface area contributed by atoms with Gasteiger partial charge in [0, 0.05) is 6.08 Å². The molecule has 0 spiro atoms. The van der Waals surface area contributed by atoms with Crippen LogP contribution in [0.1, 0.15) is 16.7 Å². The molecule has 1 aromatic carbocycles. The van der Waals surface area contributed by atoms with E-state index < -0.39 is 6.18 Å². The highest BCUT2D eigenvalue weighted by Crippen LogP contribution is 2.19. The number of benzene rings is 1. The van der Waals surface area contributed by atoms with Crippen molar-refractivity contribution in [2.45, 2.75) is 20.0 Å². The molecule has 0 saturated heterocycles. The van der Waals surface area contributed by atoms with Crippen molar-refractivity contribution >= 4 is 6.08 Å². The van der Waals surface area contributed by atoms with Crippen molar-refractivity contribution in [2.24, 2.45) is 0 Å². The third kappa shape index (κ3) is 3.64. The van der Waals surface area contributed by atoms with Crippen molar-refractivity contribution in [2.75, 3.05) is 0 Å². The van der Waals surface area contributed by atoms with Gasteiger partial charge in [0.2, 0.25) is 0 Å². The summed E-state index contributed by atoms with van der Waals surface area (Å²) in [7, 11) is 0. The van der Waals surface area contributed by atoms with Gasteiger partial charge in [-0.2, -0.15) is 13.2 Å². The molecule has 0 amide bonds. The lowest BCUT2D eigenvalue weighted by atomic mass is 10.1. The van der Waals surface area contributed by atoms with E-state index >= 15 is 0 Å². The van der Waals surface area contributed by atoms with Gasteiger partial charge in [0.25, 0.3) is 0 Å². The van der Waals surface area contributed by atoms with Crippen molar-refractivity contribution in [1.29, 1.82) is 0 Å². The predicted octanol–water partition coefficient (Wildman–Crippen LogP) is 3.88. The molecule has 76 valence electrons.